The quantitative estimate of drug-likeness (QED) is 0.201. The van der Waals surface area contributed by atoms with E-state index in [0.717, 1.165) is 22.2 Å². The second-order valence-corrected chi connectivity index (χ2v) is 11.3. The van der Waals surface area contributed by atoms with Crippen LogP contribution < -0.4 is 10.6 Å². The molecule has 218 valence electrons. The molecule has 9 nitrogen and oxygen atoms in total. The van der Waals surface area contributed by atoms with E-state index in [2.05, 4.69) is 17.1 Å². The van der Waals surface area contributed by atoms with Gasteiger partial charge in [-0.15, -0.1) is 0 Å². The molecule has 1 aliphatic heterocycles. The van der Waals surface area contributed by atoms with Crippen molar-refractivity contribution in [3.8, 4) is 23.3 Å². The molecule has 1 saturated heterocycles. The molecule has 2 heterocycles. The second kappa shape index (κ2) is 13.2. The molecular weight excluding hydrogens is 572 g/mol. The van der Waals surface area contributed by atoms with Crippen LogP contribution in [-0.4, -0.2) is 38.9 Å². The summed E-state index contributed by atoms with van der Waals surface area (Å²) in [4.78, 5) is 48.2. The van der Waals surface area contributed by atoms with Crippen LogP contribution in [0.25, 0.3) is 11.1 Å². The summed E-state index contributed by atoms with van der Waals surface area (Å²) < 4.78 is 0. The molecule has 1 fully saturated rings. The number of carbonyl (C=O) groups excluding carboxylic acids is 3. The lowest BCUT2D eigenvalue weighted by Gasteiger charge is -2.31. The van der Waals surface area contributed by atoms with E-state index < -0.39 is 23.1 Å². The molecule has 2 atom stereocenters. The van der Waals surface area contributed by atoms with Gasteiger partial charge in [-0.3, -0.25) is 14.4 Å². The van der Waals surface area contributed by atoms with Crippen molar-refractivity contribution in [2.24, 2.45) is 0 Å². The van der Waals surface area contributed by atoms with Gasteiger partial charge in [0.15, 0.2) is 0 Å². The Balaban J connectivity index is 1.53. The van der Waals surface area contributed by atoms with E-state index in [0.29, 0.717) is 23.2 Å². The van der Waals surface area contributed by atoms with Gasteiger partial charge in [-0.1, -0.05) is 97.5 Å². The van der Waals surface area contributed by atoms with Crippen molar-refractivity contribution in [2.45, 2.75) is 42.6 Å². The van der Waals surface area contributed by atoms with Crippen LogP contribution >= 0.6 is 11.8 Å². The fourth-order valence-electron chi connectivity index (χ4n) is 5.23. The van der Waals surface area contributed by atoms with Gasteiger partial charge in [0.05, 0.1) is 22.9 Å². The number of nitriles is 2. The maximum atomic E-state index is 14.4. The van der Waals surface area contributed by atoms with Crippen LogP contribution in [0.4, 0.5) is 11.5 Å². The number of amides is 3. The largest absolute Gasteiger partial charge is 0.383 e. The van der Waals surface area contributed by atoms with Gasteiger partial charge < -0.3 is 10.6 Å². The lowest BCUT2D eigenvalue weighted by atomic mass is 9.97. The molecule has 0 saturated carbocycles. The Morgan fingerprint density at radius 1 is 0.977 bits per heavy atom. The number of nitrogens with two attached hydrogens (primary N) is 1. The smallest absolute Gasteiger partial charge is 0.257 e. The second-order valence-electron chi connectivity index (χ2n) is 10.1. The number of para-hydroxylation sites is 1. The number of carbonyl (C=O) groups is 3. The number of rotatable bonds is 9. The molecule has 2 unspecified atom stereocenters. The SMILES string of the molecule is CCC(Sc1nc(N)c(C#N)c(-c2ccccc2)c1C#N)C(=O)N(Cc1ccccc1)C1CC(=O)N(c2ccccc2)C1=O. The molecule has 3 amide bonds. The average molecular weight is 601 g/mol. The van der Waals surface area contributed by atoms with E-state index >= 15 is 0 Å². The van der Waals surface area contributed by atoms with Crippen molar-refractivity contribution >= 4 is 41.0 Å². The first-order valence-corrected chi connectivity index (χ1v) is 14.9. The summed E-state index contributed by atoms with van der Waals surface area (Å²) in [5.74, 6) is -1.29. The third-order valence-corrected chi connectivity index (χ3v) is 8.71. The number of thioether (sulfide) groups is 1. The van der Waals surface area contributed by atoms with Gasteiger partial charge in [-0.25, -0.2) is 9.88 Å². The molecule has 1 aromatic heterocycles. The first-order chi connectivity index (χ1) is 21.4. The lowest BCUT2D eigenvalue weighted by Crippen LogP contribution is -2.48. The predicted molar refractivity (Wildman–Crippen MR) is 168 cm³/mol. The maximum absolute atomic E-state index is 14.4. The van der Waals surface area contributed by atoms with E-state index in [1.165, 1.54) is 4.90 Å². The van der Waals surface area contributed by atoms with Crippen LogP contribution in [0.15, 0.2) is 96.0 Å². The van der Waals surface area contributed by atoms with Gasteiger partial charge in [0.2, 0.25) is 11.8 Å². The minimum absolute atomic E-state index is 0.0497. The van der Waals surface area contributed by atoms with Crippen molar-refractivity contribution in [3.63, 3.8) is 0 Å². The molecule has 0 radical (unpaired) electrons. The standard InChI is InChI=1S/C34H28N6O3S/c1-2-28(44-32-26(20-36)30(23-14-8-4-9-15-23)25(19-35)31(37)38-32)34(43)39(21-22-12-6-3-7-13-22)27-18-29(41)40(33(27)42)24-16-10-5-11-17-24/h3-17,27-28H,2,18,21H2,1H3,(H2,37,38). The Morgan fingerprint density at radius 2 is 1.57 bits per heavy atom. The normalized spacial score (nSPS) is 15.0. The number of hydrogen-bond donors (Lipinski definition) is 1. The van der Waals surface area contributed by atoms with Crippen LogP contribution in [0.1, 0.15) is 36.5 Å². The van der Waals surface area contributed by atoms with E-state index in [9.17, 15) is 24.9 Å². The Kier molecular flexibility index (Phi) is 9.03. The first-order valence-electron chi connectivity index (χ1n) is 14.0. The number of nitrogen functional groups attached to an aromatic ring is 1. The zero-order valence-electron chi connectivity index (χ0n) is 23.9. The molecule has 1 aliphatic rings. The Labute approximate surface area is 259 Å². The molecule has 5 rings (SSSR count). The van der Waals surface area contributed by atoms with Crippen molar-refractivity contribution in [2.75, 3.05) is 10.6 Å². The third kappa shape index (κ3) is 5.89. The molecule has 10 heteroatoms. The molecular formula is C34H28N6O3S. The number of nitrogens with zero attached hydrogens (tertiary/aromatic N) is 5. The highest BCUT2D eigenvalue weighted by molar-refractivity contribution is 8.00. The Morgan fingerprint density at radius 3 is 2.16 bits per heavy atom. The van der Waals surface area contributed by atoms with E-state index in [1.54, 1.807) is 54.6 Å². The van der Waals surface area contributed by atoms with E-state index in [-0.39, 0.29) is 40.8 Å². The molecule has 0 bridgehead atoms. The summed E-state index contributed by atoms with van der Waals surface area (Å²) in [5.41, 5.74) is 8.65. The van der Waals surface area contributed by atoms with E-state index in [4.69, 9.17) is 5.73 Å². The summed E-state index contributed by atoms with van der Waals surface area (Å²) in [6.07, 6.45) is 0.177. The molecule has 44 heavy (non-hydrogen) atoms. The van der Waals surface area contributed by atoms with Gasteiger partial charge in [0.1, 0.15) is 34.6 Å². The number of aromatic nitrogens is 1. The van der Waals surface area contributed by atoms with Crippen LogP contribution in [0, 0.1) is 22.7 Å². The average Bonchev–Trinajstić information content (AvgIpc) is 3.35. The molecule has 4 aromatic rings. The van der Waals surface area contributed by atoms with Crippen molar-refractivity contribution in [3.05, 3.63) is 108 Å². The van der Waals surface area contributed by atoms with Crippen LogP contribution in [0.2, 0.25) is 0 Å². The maximum Gasteiger partial charge on any atom is 0.257 e. The Hall–Kier alpha value is -5.45. The summed E-state index contributed by atoms with van der Waals surface area (Å²) in [6.45, 7) is 1.93. The van der Waals surface area contributed by atoms with Crippen LogP contribution in [0.3, 0.4) is 0 Å². The highest BCUT2D eigenvalue weighted by atomic mass is 32.2. The zero-order chi connectivity index (χ0) is 31.2. The number of hydrogen-bond acceptors (Lipinski definition) is 8. The first kappa shape index (κ1) is 30.0. The van der Waals surface area contributed by atoms with Crippen molar-refractivity contribution in [1.29, 1.82) is 10.5 Å². The van der Waals surface area contributed by atoms with Crippen molar-refractivity contribution < 1.29 is 14.4 Å². The van der Waals surface area contributed by atoms with Crippen LogP contribution in [0.5, 0.6) is 0 Å². The predicted octanol–water partition coefficient (Wildman–Crippen LogP) is 5.31. The van der Waals surface area contributed by atoms with Gasteiger partial charge in [-0.05, 0) is 29.7 Å². The van der Waals surface area contributed by atoms with Gasteiger partial charge in [-0.2, -0.15) is 10.5 Å². The number of imide groups is 1. The zero-order valence-corrected chi connectivity index (χ0v) is 24.7. The molecule has 0 aliphatic carbocycles. The highest BCUT2D eigenvalue weighted by Gasteiger charge is 2.45. The fourth-order valence-corrected chi connectivity index (χ4v) is 6.32. The monoisotopic (exact) mass is 600 g/mol. The summed E-state index contributed by atoms with van der Waals surface area (Å²) >= 11 is 1.06. The fraction of sp³-hybridized carbons (Fsp3) is 0.176. The minimum Gasteiger partial charge on any atom is -0.383 e. The highest BCUT2D eigenvalue weighted by Crippen LogP contribution is 2.38. The lowest BCUT2D eigenvalue weighted by molar-refractivity contribution is -0.138. The minimum atomic E-state index is -1.01. The molecule has 2 N–H and O–H groups in total. The summed E-state index contributed by atoms with van der Waals surface area (Å²) in [7, 11) is 0. The van der Waals surface area contributed by atoms with Gasteiger partial charge >= 0.3 is 0 Å². The van der Waals surface area contributed by atoms with Gasteiger partial charge in [0.25, 0.3) is 5.91 Å². The van der Waals surface area contributed by atoms with Gasteiger partial charge in [0, 0.05) is 12.1 Å². The number of pyridine rings is 1. The molecule has 0 spiro atoms. The summed E-state index contributed by atoms with van der Waals surface area (Å²) in [5, 5.41) is 19.5. The molecule has 3 aromatic carbocycles. The topological polar surface area (TPSA) is 144 Å². The number of anilines is 2. The van der Waals surface area contributed by atoms with E-state index in [1.807, 2.05) is 43.3 Å². The van der Waals surface area contributed by atoms with Crippen molar-refractivity contribution in [1.82, 2.24) is 9.88 Å². The third-order valence-electron chi connectivity index (χ3n) is 7.37. The van der Waals surface area contributed by atoms with Crippen LogP contribution in [-0.2, 0) is 20.9 Å². The Bertz CT molecular complexity index is 1790. The number of benzene rings is 3. The summed E-state index contributed by atoms with van der Waals surface area (Å²) in [6, 6.07) is 30.1.